The number of fused-ring (bicyclic) bond motifs is 3. The van der Waals surface area contributed by atoms with E-state index < -0.39 is 0 Å². The third-order valence-electron chi connectivity index (χ3n) is 3.86. The smallest absolute Gasteiger partial charge is 0.224 e. The van der Waals surface area contributed by atoms with Gasteiger partial charge in [-0.1, -0.05) is 18.2 Å². The van der Waals surface area contributed by atoms with Crippen LogP contribution in [0, 0.1) is 0 Å². The van der Waals surface area contributed by atoms with Gasteiger partial charge in [-0.25, -0.2) is 0 Å². The second-order valence-corrected chi connectivity index (χ2v) is 4.86. The molecule has 0 radical (unpaired) electrons. The maximum absolute atomic E-state index is 12.1. The zero-order valence-corrected chi connectivity index (χ0v) is 9.85. The normalized spacial score (nSPS) is 26.6. The van der Waals surface area contributed by atoms with Crippen molar-refractivity contribution in [2.75, 3.05) is 4.90 Å². The number of carbonyl (C=O) groups is 2. The van der Waals surface area contributed by atoms with Crippen molar-refractivity contribution in [2.45, 2.75) is 38.1 Å². The summed E-state index contributed by atoms with van der Waals surface area (Å²) in [6, 6.07) is 7.67. The molecule has 1 saturated carbocycles. The summed E-state index contributed by atoms with van der Waals surface area (Å²) < 4.78 is 0. The highest BCUT2D eigenvalue weighted by Crippen LogP contribution is 2.46. The molecule has 2 unspecified atom stereocenters. The van der Waals surface area contributed by atoms with Crippen molar-refractivity contribution >= 4 is 17.4 Å². The van der Waals surface area contributed by atoms with Crippen molar-refractivity contribution < 1.29 is 9.59 Å². The van der Waals surface area contributed by atoms with Crippen LogP contribution in [-0.4, -0.2) is 17.7 Å². The Morgan fingerprint density at radius 2 is 2.12 bits per heavy atom. The molecule has 1 fully saturated rings. The highest BCUT2D eigenvalue weighted by molar-refractivity contribution is 6.04. The predicted molar refractivity (Wildman–Crippen MR) is 65.0 cm³/mol. The molecule has 17 heavy (non-hydrogen) atoms. The zero-order valence-electron chi connectivity index (χ0n) is 9.85. The number of hydrogen-bond acceptors (Lipinski definition) is 2. The van der Waals surface area contributed by atoms with Crippen LogP contribution in [0.1, 0.15) is 37.7 Å². The van der Waals surface area contributed by atoms with Crippen molar-refractivity contribution in [3.8, 4) is 0 Å². The summed E-state index contributed by atoms with van der Waals surface area (Å²) in [6.07, 6.45) is 2.57. The summed E-state index contributed by atoms with van der Waals surface area (Å²) >= 11 is 0. The average molecular weight is 229 g/mol. The van der Waals surface area contributed by atoms with Crippen molar-refractivity contribution in [3.05, 3.63) is 29.8 Å². The number of amides is 1. The Balaban J connectivity index is 2.14. The Morgan fingerprint density at radius 3 is 2.88 bits per heavy atom. The van der Waals surface area contributed by atoms with Gasteiger partial charge in [-0.3, -0.25) is 9.59 Å². The van der Waals surface area contributed by atoms with E-state index in [9.17, 15) is 9.59 Å². The number of rotatable bonds is 0. The van der Waals surface area contributed by atoms with E-state index in [0.29, 0.717) is 6.42 Å². The van der Waals surface area contributed by atoms with Crippen molar-refractivity contribution in [1.29, 1.82) is 0 Å². The molecule has 1 heterocycles. The molecule has 2 atom stereocenters. The number of para-hydroxylation sites is 1. The number of nitrogens with zero attached hydrogens (tertiary/aromatic N) is 1. The first kappa shape index (κ1) is 10.5. The third kappa shape index (κ3) is 1.42. The molecule has 1 aromatic carbocycles. The monoisotopic (exact) mass is 229 g/mol. The molecule has 0 aromatic heterocycles. The molecule has 3 nitrogen and oxygen atoms in total. The number of benzene rings is 1. The number of Topliss-reactive ketones (excluding diaryl/α,β-unsaturated/α-hetero) is 1. The lowest BCUT2D eigenvalue weighted by molar-refractivity contribution is -0.125. The first-order chi connectivity index (χ1) is 8.20. The average Bonchev–Trinajstić information content (AvgIpc) is 2.65. The van der Waals surface area contributed by atoms with Crippen molar-refractivity contribution in [3.63, 3.8) is 0 Å². The van der Waals surface area contributed by atoms with Crippen LogP contribution in [0.15, 0.2) is 24.3 Å². The molecule has 3 rings (SSSR count). The number of hydrogen-bond donors (Lipinski definition) is 0. The van der Waals surface area contributed by atoms with Gasteiger partial charge in [0, 0.05) is 24.9 Å². The SMILES string of the molecule is CC(=O)N1c2ccccc2C2CCCC(=O)C21. The van der Waals surface area contributed by atoms with Gasteiger partial charge in [-0.15, -0.1) is 0 Å². The standard InChI is InChI=1S/C14H15NO2/c1-9(16)15-12-7-3-2-5-10(12)11-6-4-8-13(17)14(11)15/h2-3,5,7,11,14H,4,6,8H2,1H3. The molecular formula is C14H15NO2. The first-order valence-electron chi connectivity index (χ1n) is 6.11. The summed E-state index contributed by atoms with van der Waals surface area (Å²) in [6.45, 7) is 1.54. The van der Waals surface area contributed by atoms with Gasteiger partial charge in [0.15, 0.2) is 5.78 Å². The van der Waals surface area contributed by atoms with Crippen LogP contribution >= 0.6 is 0 Å². The van der Waals surface area contributed by atoms with Gasteiger partial charge in [-0.2, -0.15) is 0 Å². The molecule has 0 bridgehead atoms. The van der Waals surface area contributed by atoms with Crippen LogP contribution in [-0.2, 0) is 9.59 Å². The lowest BCUT2D eigenvalue weighted by Gasteiger charge is -2.30. The summed E-state index contributed by atoms with van der Waals surface area (Å²) in [5, 5.41) is 0. The second kappa shape index (κ2) is 3.69. The van der Waals surface area contributed by atoms with Crippen molar-refractivity contribution in [1.82, 2.24) is 0 Å². The van der Waals surface area contributed by atoms with E-state index in [4.69, 9.17) is 0 Å². The Labute approximate surface area is 100 Å². The third-order valence-corrected chi connectivity index (χ3v) is 3.86. The Bertz CT molecular complexity index is 495. The maximum Gasteiger partial charge on any atom is 0.224 e. The van der Waals surface area contributed by atoms with E-state index in [1.165, 1.54) is 5.56 Å². The van der Waals surface area contributed by atoms with Gasteiger partial charge >= 0.3 is 0 Å². The minimum atomic E-state index is -0.237. The van der Waals surface area contributed by atoms with Crippen LogP contribution in [0.3, 0.4) is 0 Å². The molecule has 1 aliphatic heterocycles. The Hall–Kier alpha value is -1.64. The van der Waals surface area contributed by atoms with E-state index >= 15 is 0 Å². The molecule has 88 valence electrons. The summed E-state index contributed by atoms with van der Waals surface area (Å²) in [5.74, 6) is 0.407. The van der Waals surface area contributed by atoms with E-state index in [2.05, 4.69) is 6.07 Å². The fourth-order valence-electron chi connectivity index (χ4n) is 3.21. The van der Waals surface area contributed by atoms with Crippen LogP contribution in [0.5, 0.6) is 0 Å². The Morgan fingerprint density at radius 1 is 1.35 bits per heavy atom. The maximum atomic E-state index is 12.1. The fraction of sp³-hybridized carbons (Fsp3) is 0.429. The lowest BCUT2D eigenvalue weighted by atomic mass is 9.81. The fourth-order valence-corrected chi connectivity index (χ4v) is 3.21. The van der Waals surface area contributed by atoms with E-state index in [-0.39, 0.29) is 23.7 Å². The summed E-state index contributed by atoms with van der Waals surface area (Å²) in [4.78, 5) is 25.5. The molecular weight excluding hydrogens is 214 g/mol. The number of carbonyl (C=O) groups excluding carboxylic acids is 2. The van der Waals surface area contributed by atoms with Gasteiger partial charge < -0.3 is 4.90 Å². The first-order valence-corrected chi connectivity index (χ1v) is 6.11. The van der Waals surface area contributed by atoms with Gasteiger partial charge in [0.25, 0.3) is 0 Å². The van der Waals surface area contributed by atoms with Crippen LogP contribution < -0.4 is 4.90 Å². The van der Waals surface area contributed by atoms with Crippen molar-refractivity contribution in [2.24, 2.45) is 0 Å². The highest BCUT2D eigenvalue weighted by Gasteiger charge is 2.45. The highest BCUT2D eigenvalue weighted by atomic mass is 16.2. The number of ketones is 1. The topological polar surface area (TPSA) is 37.4 Å². The van der Waals surface area contributed by atoms with Gasteiger partial charge in [0.05, 0.1) is 0 Å². The largest absolute Gasteiger partial charge is 0.301 e. The Kier molecular flexibility index (Phi) is 2.28. The lowest BCUT2D eigenvalue weighted by Crippen LogP contribution is -2.45. The minimum absolute atomic E-state index is 0.0276. The van der Waals surface area contributed by atoms with Crippen LogP contribution in [0.2, 0.25) is 0 Å². The van der Waals surface area contributed by atoms with Crippen LogP contribution in [0.25, 0.3) is 0 Å². The molecule has 0 N–H and O–H groups in total. The molecule has 0 spiro atoms. The van der Waals surface area contributed by atoms with E-state index in [1.54, 1.807) is 11.8 Å². The number of anilines is 1. The quantitative estimate of drug-likeness (QED) is 0.684. The van der Waals surface area contributed by atoms with Gasteiger partial charge in [-0.05, 0) is 24.5 Å². The molecule has 0 saturated heterocycles. The molecule has 1 aliphatic carbocycles. The van der Waals surface area contributed by atoms with E-state index in [1.807, 2.05) is 18.2 Å². The minimum Gasteiger partial charge on any atom is -0.301 e. The van der Waals surface area contributed by atoms with E-state index in [0.717, 1.165) is 18.5 Å². The second-order valence-electron chi connectivity index (χ2n) is 4.86. The molecule has 1 amide bonds. The van der Waals surface area contributed by atoms with Crippen LogP contribution in [0.4, 0.5) is 5.69 Å². The van der Waals surface area contributed by atoms with Gasteiger partial charge in [0.1, 0.15) is 6.04 Å². The zero-order chi connectivity index (χ0) is 12.0. The predicted octanol–water partition coefficient (Wildman–Crippen LogP) is 2.26. The molecule has 3 heteroatoms. The molecule has 1 aromatic rings. The summed E-state index contributed by atoms with van der Waals surface area (Å²) in [5.41, 5.74) is 2.10. The molecule has 2 aliphatic rings. The van der Waals surface area contributed by atoms with Gasteiger partial charge in [0.2, 0.25) is 5.91 Å². The summed E-state index contributed by atoms with van der Waals surface area (Å²) in [7, 11) is 0.